The predicted molar refractivity (Wildman–Crippen MR) is 113 cm³/mol. The number of rotatable bonds is 5. The molecular formula is C22H25N7O. The number of fused-ring (bicyclic) bond motifs is 2. The number of carbonyl (C=O) groups is 1. The highest BCUT2D eigenvalue weighted by molar-refractivity contribution is 5.89. The summed E-state index contributed by atoms with van der Waals surface area (Å²) in [5.41, 5.74) is 7.81. The molecule has 2 aliphatic heterocycles. The van der Waals surface area contributed by atoms with Crippen LogP contribution in [0, 0.1) is 22.2 Å². The molecule has 5 aliphatic rings. The van der Waals surface area contributed by atoms with E-state index in [0.29, 0.717) is 11.6 Å². The molecule has 2 atom stereocenters. The van der Waals surface area contributed by atoms with Gasteiger partial charge in [-0.1, -0.05) is 6.08 Å². The van der Waals surface area contributed by atoms with Gasteiger partial charge in [-0.25, -0.2) is 9.97 Å². The summed E-state index contributed by atoms with van der Waals surface area (Å²) in [5.74, 6) is 0.732. The standard InChI is InChI=1S/C22H25N7O/c1-25-9-15(8-23)27-20-26-5-4-18(28-20)14-6-16-2-3-17(7-14)29(16)19(30)22-10-21(11-22,12-22)13-24/h4-6,8-9,16-17H,2-3,7,10-12,23H2,1H3,(H,26,27,28)/b15-8+,25-9?. The van der Waals surface area contributed by atoms with E-state index in [0.717, 1.165) is 49.8 Å². The Morgan fingerprint density at radius 2 is 2.23 bits per heavy atom. The molecule has 6 rings (SSSR count). The van der Waals surface area contributed by atoms with Gasteiger partial charge in [0.15, 0.2) is 0 Å². The number of nitrogens with zero attached hydrogens (tertiary/aromatic N) is 5. The second-order valence-electron chi connectivity index (χ2n) is 9.01. The Balaban J connectivity index is 1.34. The lowest BCUT2D eigenvalue weighted by molar-refractivity contribution is -0.198. The first-order valence-electron chi connectivity index (χ1n) is 10.4. The molecule has 1 aromatic heterocycles. The van der Waals surface area contributed by atoms with E-state index in [1.807, 2.05) is 6.07 Å². The quantitative estimate of drug-likeness (QED) is 0.728. The zero-order valence-electron chi connectivity index (χ0n) is 17.0. The summed E-state index contributed by atoms with van der Waals surface area (Å²) in [6, 6.07) is 4.65. The Bertz CT molecular complexity index is 1010. The van der Waals surface area contributed by atoms with Crippen LogP contribution in [-0.2, 0) is 4.79 Å². The van der Waals surface area contributed by atoms with Crippen LogP contribution in [0.3, 0.4) is 0 Å². The van der Waals surface area contributed by atoms with Gasteiger partial charge in [-0.05, 0) is 50.2 Å². The summed E-state index contributed by atoms with van der Waals surface area (Å²) in [6.45, 7) is 0. The van der Waals surface area contributed by atoms with Crippen LogP contribution in [0.5, 0.6) is 0 Å². The Morgan fingerprint density at radius 3 is 2.90 bits per heavy atom. The van der Waals surface area contributed by atoms with E-state index >= 15 is 0 Å². The lowest BCUT2D eigenvalue weighted by Crippen LogP contribution is -2.68. The van der Waals surface area contributed by atoms with Gasteiger partial charge in [0.1, 0.15) is 0 Å². The number of hydrogen-bond donors (Lipinski definition) is 2. The second kappa shape index (κ2) is 6.66. The van der Waals surface area contributed by atoms with Gasteiger partial charge in [-0.15, -0.1) is 0 Å². The summed E-state index contributed by atoms with van der Waals surface area (Å²) < 4.78 is 0. The molecule has 3 N–H and O–H groups in total. The molecule has 3 heterocycles. The fraction of sp³-hybridized carbons (Fsp3) is 0.500. The number of aliphatic imine (C=N–C) groups is 1. The molecule has 0 spiro atoms. The largest absolute Gasteiger partial charge is 0.403 e. The number of hydrogen-bond acceptors (Lipinski definition) is 7. The first kappa shape index (κ1) is 18.8. The van der Waals surface area contributed by atoms with Crippen LogP contribution in [0.1, 0.15) is 44.2 Å². The summed E-state index contributed by atoms with van der Waals surface area (Å²) in [4.78, 5) is 28.3. The van der Waals surface area contributed by atoms with E-state index in [9.17, 15) is 10.1 Å². The molecule has 0 radical (unpaired) electrons. The van der Waals surface area contributed by atoms with Crippen LogP contribution in [0.15, 0.2) is 35.2 Å². The molecular weight excluding hydrogens is 378 g/mol. The van der Waals surface area contributed by atoms with Crippen molar-refractivity contribution in [3.8, 4) is 6.07 Å². The highest BCUT2D eigenvalue weighted by Crippen LogP contribution is 2.74. The van der Waals surface area contributed by atoms with Crippen molar-refractivity contribution >= 4 is 23.6 Å². The molecule has 1 saturated heterocycles. The van der Waals surface area contributed by atoms with Crippen molar-refractivity contribution in [2.24, 2.45) is 21.6 Å². The molecule has 0 aromatic carbocycles. The number of nitrogens with two attached hydrogens (primary N) is 1. The van der Waals surface area contributed by atoms with Crippen molar-refractivity contribution in [2.75, 3.05) is 12.4 Å². The highest BCUT2D eigenvalue weighted by atomic mass is 16.2. The van der Waals surface area contributed by atoms with Gasteiger partial charge in [0.05, 0.1) is 34.3 Å². The van der Waals surface area contributed by atoms with Gasteiger partial charge >= 0.3 is 0 Å². The molecule has 8 nitrogen and oxygen atoms in total. The maximum Gasteiger partial charge on any atom is 0.229 e. The molecule has 1 aromatic rings. The molecule has 8 heteroatoms. The Morgan fingerprint density at radius 1 is 1.43 bits per heavy atom. The van der Waals surface area contributed by atoms with Gasteiger partial charge in [-0.3, -0.25) is 9.79 Å². The normalized spacial score (nSPS) is 34.1. The van der Waals surface area contributed by atoms with Crippen molar-refractivity contribution < 1.29 is 4.79 Å². The summed E-state index contributed by atoms with van der Waals surface area (Å²) in [6.07, 6.45) is 12.0. The third kappa shape index (κ3) is 2.72. The molecule has 30 heavy (non-hydrogen) atoms. The summed E-state index contributed by atoms with van der Waals surface area (Å²) in [7, 11) is 1.67. The molecule has 4 bridgehead atoms. The molecule has 3 saturated carbocycles. The zero-order chi connectivity index (χ0) is 20.9. The van der Waals surface area contributed by atoms with Gasteiger partial charge in [-0.2, -0.15) is 5.26 Å². The maximum absolute atomic E-state index is 13.3. The van der Waals surface area contributed by atoms with Crippen LogP contribution in [0.25, 0.3) is 5.57 Å². The van der Waals surface area contributed by atoms with Crippen molar-refractivity contribution in [2.45, 2.75) is 50.6 Å². The minimum absolute atomic E-state index is 0.122. The molecule has 1 amide bonds. The highest BCUT2D eigenvalue weighted by Gasteiger charge is 2.73. The first-order valence-corrected chi connectivity index (χ1v) is 10.4. The Hall–Kier alpha value is -3.21. The number of anilines is 1. The van der Waals surface area contributed by atoms with Gasteiger partial charge in [0, 0.05) is 31.7 Å². The summed E-state index contributed by atoms with van der Waals surface area (Å²) in [5, 5.41) is 12.3. The number of carbonyl (C=O) groups excluding carboxylic acids is 1. The van der Waals surface area contributed by atoms with Crippen LogP contribution in [0.4, 0.5) is 5.95 Å². The van der Waals surface area contributed by atoms with Crippen LogP contribution < -0.4 is 11.1 Å². The van der Waals surface area contributed by atoms with Crippen molar-refractivity contribution in [1.29, 1.82) is 5.26 Å². The average Bonchev–Trinajstić information content (AvgIpc) is 2.95. The smallest absolute Gasteiger partial charge is 0.229 e. The third-order valence-corrected chi connectivity index (χ3v) is 7.04. The van der Waals surface area contributed by atoms with E-state index in [4.69, 9.17) is 5.73 Å². The Labute approximate surface area is 175 Å². The number of aromatic nitrogens is 2. The van der Waals surface area contributed by atoms with Crippen LogP contribution >= 0.6 is 0 Å². The number of amides is 1. The van der Waals surface area contributed by atoms with E-state index < -0.39 is 0 Å². The molecule has 154 valence electrons. The van der Waals surface area contributed by atoms with E-state index in [1.165, 1.54) is 6.20 Å². The monoisotopic (exact) mass is 403 g/mol. The average molecular weight is 403 g/mol. The fourth-order valence-corrected chi connectivity index (χ4v) is 5.73. The first-order chi connectivity index (χ1) is 14.5. The fourth-order valence-electron chi connectivity index (χ4n) is 5.73. The molecule has 3 aliphatic carbocycles. The molecule has 2 unspecified atom stereocenters. The number of nitrogens with one attached hydrogen (secondary N) is 1. The zero-order valence-corrected chi connectivity index (χ0v) is 17.0. The van der Waals surface area contributed by atoms with Crippen molar-refractivity contribution in [1.82, 2.24) is 14.9 Å². The van der Waals surface area contributed by atoms with Gasteiger partial charge < -0.3 is 16.0 Å². The third-order valence-electron chi connectivity index (χ3n) is 7.04. The lowest BCUT2D eigenvalue weighted by atomic mass is 9.35. The van der Waals surface area contributed by atoms with E-state index in [-0.39, 0.29) is 28.8 Å². The van der Waals surface area contributed by atoms with Crippen LogP contribution in [0.2, 0.25) is 0 Å². The minimum Gasteiger partial charge on any atom is -0.403 e. The maximum atomic E-state index is 13.3. The predicted octanol–water partition coefficient (Wildman–Crippen LogP) is 2.23. The lowest BCUT2D eigenvalue weighted by Gasteiger charge is -2.66. The second-order valence-corrected chi connectivity index (χ2v) is 9.01. The van der Waals surface area contributed by atoms with E-state index in [1.54, 1.807) is 19.5 Å². The van der Waals surface area contributed by atoms with Crippen molar-refractivity contribution in [3.63, 3.8) is 0 Å². The molecule has 4 fully saturated rings. The Kier molecular flexibility index (Phi) is 4.17. The number of nitriles is 1. The minimum atomic E-state index is -0.250. The SMILES string of the molecule is CN=C/C(=C\N)Nc1nccc(C2=CC3CCC(C2)N3C(=O)C23CC(C#N)(C2)C3)n1. The number of allylic oxidation sites excluding steroid dienone is 1. The van der Waals surface area contributed by atoms with Crippen molar-refractivity contribution in [3.05, 3.63) is 35.9 Å². The topological polar surface area (TPSA) is 120 Å². The van der Waals surface area contributed by atoms with Gasteiger partial charge in [0.2, 0.25) is 11.9 Å². The summed E-state index contributed by atoms with van der Waals surface area (Å²) >= 11 is 0. The van der Waals surface area contributed by atoms with Gasteiger partial charge in [0.25, 0.3) is 0 Å². The van der Waals surface area contributed by atoms with E-state index in [2.05, 4.69) is 37.3 Å². The van der Waals surface area contributed by atoms with Crippen LogP contribution in [-0.4, -0.2) is 46.1 Å².